The van der Waals surface area contributed by atoms with Gasteiger partial charge in [0.1, 0.15) is 5.82 Å². The van der Waals surface area contributed by atoms with Gasteiger partial charge in [0.05, 0.1) is 0 Å². The first kappa shape index (κ1) is 17.7. The molecular formula is C18H28FN3O. The largest absolute Gasteiger partial charge is 0.335 e. The summed E-state index contributed by atoms with van der Waals surface area (Å²) in [6, 6.07) is 6.53. The Bertz CT molecular complexity index is 523. The first-order chi connectivity index (χ1) is 11.0. The predicted octanol–water partition coefficient (Wildman–Crippen LogP) is 2.74. The van der Waals surface area contributed by atoms with Gasteiger partial charge in [-0.3, -0.25) is 0 Å². The Balaban J connectivity index is 1.78. The van der Waals surface area contributed by atoms with E-state index in [1.165, 1.54) is 12.1 Å². The van der Waals surface area contributed by atoms with Gasteiger partial charge in [0.2, 0.25) is 0 Å². The summed E-state index contributed by atoms with van der Waals surface area (Å²) in [6.07, 6.45) is 1.70. The summed E-state index contributed by atoms with van der Waals surface area (Å²) >= 11 is 0. The molecule has 4 nitrogen and oxygen atoms in total. The molecule has 0 spiro atoms. The van der Waals surface area contributed by atoms with Crippen molar-refractivity contribution in [3.05, 3.63) is 35.6 Å². The molecule has 1 aliphatic heterocycles. The van der Waals surface area contributed by atoms with Crippen LogP contribution < -0.4 is 5.32 Å². The van der Waals surface area contributed by atoms with E-state index in [1.54, 1.807) is 6.07 Å². The van der Waals surface area contributed by atoms with Crippen LogP contribution in [0.25, 0.3) is 0 Å². The number of carbonyl (C=O) groups is 1. The Labute approximate surface area is 138 Å². The van der Waals surface area contributed by atoms with E-state index in [9.17, 15) is 9.18 Å². The minimum Gasteiger partial charge on any atom is -0.335 e. The van der Waals surface area contributed by atoms with Gasteiger partial charge in [0, 0.05) is 25.7 Å². The van der Waals surface area contributed by atoms with Gasteiger partial charge in [-0.05, 0) is 57.0 Å². The van der Waals surface area contributed by atoms with Crippen molar-refractivity contribution in [2.75, 3.05) is 33.2 Å². The number of likely N-dealkylation sites (tertiary alicyclic amines) is 1. The fourth-order valence-electron chi connectivity index (χ4n) is 3.11. The quantitative estimate of drug-likeness (QED) is 0.874. The van der Waals surface area contributed by atoms with Gasteiger partial charge in [0.25, 0.3) is 0 Å². The molecule has 0 radical (unpaired) electrons. The van der Waals surface area contributed by atoms with Crippen LogP contribution in [-0.4, -0.2) is 55.1 Å². The number of amides is 2. The number of nitrogens with zero attached hydrogens (tertiary/aromatic N) is 2. The molecule has 23 heavy (non-hydrogen) atoms. The Hall–Kier alpha value is -1.62. The molecule has 2 rings (SSSR count). The van der Waals surface area contributed by atoms with E-state index < -0.39 is 0 Å². The van der Waals surface area contributed by atoms with Crippen LogP contribution in [0.15, 0.2) is 24.3 Å². The molecule has 0 saturated carbocycles. The second-order valence-corrected chi connectivity index (χ2v) is 6.64. The highest BCUT2D eigenvalue weighted by molar-refractivity contribution is 5.74. The minimum absolute atomic E-state index is 0.00412. The number of benzene rings is 1. The van der Waals surface area contributed by atoms with Crippen LogP contribution in [0.2, 0.25) is 0 Å². The number of halogens is 1. The number of rotatable bonds is 6. The third-order valence-electron chi connectivity index (χ3n) is 4.48. The molecule has 1 heterocycles. The molecule has 0 aromatic heterocycles. The van der Waals surface area contributed by atoms with Crippen molar-refractivity contribution in [3.8, 4) is 0 Å². The van der Waals surface area contributed by atoms with Crippen molar-refractivity contribution in [2.45, 2.75) is 32.7 Å². The van der Waals surface area contributed by atoms with Gasteiger partial charge in [-0.25, -0.2) is 9.18 Å². The van der Waals surface area contributed by atoms with Gasteiger partial charge in [-0.15, -0.1) is 0 Å². The Kier molecular flexibility index (Phi) is 6.39. The van der Waals surface area contributed by atoms with Crippen LogP contribution in [0, 0.1) is 11.7 Å². The van der Waals surface area contributed by atoms with Crippen LogP contribution in [0.4, 0.5) is 9.18 Å². The second kappa shape index (κ2) is 8.29. The van der Waals surface area contributed by atoms with Crippen LogP contribution >= 0.6 is 0 Å². The van der Waals surface area contributed by atoms with Crippen molar-refractivity contribution >= 4 is 6.03 Å². The molecule has 1 aliphatic rings. The van der Waals surface area contributed by atoms with E-state index in [2.05, 4.69) is 24.2 Å². The highest BCUT2D eigenvalue weighted by atomic mass is 19.1. The summed E-state index contributed by atoms with van der Waals surface area (Å²) < 4.78 is 13.2. The molecule has 1 fully saturated rings. The molecule has 1 aromatic carbocycles. The van der Waals surface area contributed by atoms with E-state index in [-0.39, 0.29) is 17.9 Å². The SMILES string of the molecule is CCN(C)CC1CCN(C(=O)NC(C)Cc2cccc(F)c2)C1. The van der Waals surface area contributed by atoms with Crippen molar-refractivity contribution in [2.24, 2.45) is 5.92 Å². The van der Waals surface area contributed by atoms with Gasteiger partial charge >= 0.3 is 6.03 Å². The molecule has 0 aliphatic carbocycles. The fourth-order valence-corrected chi connectivity index (χ4v) is 3.11. The molecule has 0 bridgehead atoms. The first-order valence-corrected chi connectivity index (χ1v) is 8.46. The average molecular weight is 321 g/mol. The fraction of sp³-hybridized carbons (Fsp3) is 0.611. The smallest absolute Gasteiger partial charge is 0.317 e. The van der Waals surface area contributed by atoms with Crippen LogP contribution in [0.5, 0.6) is 0 Å². The standard InChI is InChI=1S/C18H28FN3O/c1-4-21(3)12-16-8-9-22(13-16)18(23)20-14(2)10-15-6-5-7-17(19)11-15/h5-7,11,14,16H,4,8-10,12-13H2,1-3H3,(H,20,23). The number of nitrogens with one attached hydrogen (secondary N) is 1. The van der Waals surface area contributed by atoms with Crippen LogP contribution in [0.1, 0.15) is 25.8 Å². The number of hydrogen-bond donors (Lipinski definition) is 1. The third kappa shape index (κ3) is 5.50. The van der Waals surface area contributed by atoms with Gasteiger partial charge in [-0.1, -0.05) is 19.1 Å². The van der Waals surface area contributed by atoms with Crippen molar-refractivity contribution < 1.29 is 9.18 Å². The lowest BCUT2D eigenvalue weighted by Gasteiger charge is -2.22. The zero-order valence-electron chi connectivity index (χ0n) is 14.4. The third-order valence-corrected chi connectivity index (χ3v) is 4.48. The Morgan fingerprint density at radius 3 is 3.00 bits per heavy atom. The lowest BCUT2D eigenvalue weighted by Crippen LogP contribution is -2.43. The molecule has 1 N–H and O–H groups in total. The number of carbonyl (C=O) groups excluding carboxylic acids is 1. The minimum atomic E-state index is -0.233. The van der Waals surface area contributed by atoms with Crippen LogP contribution in [-0.2, 0) is 6.42 Å². The normalized spacial score (nSPS) is 19.2. The number of hydrogen-bond acceptors (Lipinski definition) is 2. The van der Waals surface area contributed by atoms with E-state index in [1.807, 2.05) is 17.9 Å². The van der Waals surface area contributed by atoms with E-state index in [0.717, 1.165) is 38.2 Å². The molecule has 1 saturated heterocycles. The van der Waals surface area contributed by atoms with Crippen molar-refractivity contribution in [1.82, 2.24) is 15.1 Å². The highest BCUT2D eigenvalue weighted by Crippen LogP contribution is 2.17. The zero-order valence-corrected chi connectivity index (χ0v) is 14.4. The molecule has 2 amide bonds. The van der Waals surface area contributed by atoms with Gasteiger partial charge < -0.3 is 15.1 Å². The Morgan fingerprint density at radius 1 is 1.52 bits per heavy atom. The van der Waals surface area contributed by atoms with E-state index in [4.69, 9.17) is 0 Å². The van der Waals surface area contributed by atoms with E-state index in [0.29, 0.717) is 12.3 Å². The summed E-state index contributed by atoms with van der Waals surface area (Å²) in [5, 5.41) is 3.03. The maximum absolute atomic E-state index is 13.2. The van der Waals surface area contributed by atoms with E-state index >= 15 is 0 Å². The predicted molar refractivity (Wildman–Crippen MR) is 90.9 cm³/mol. The maximum atomic E-state index is 13.2. The molecule has 2 atom stereocenters. The molecular weight excluding hydrogens is 293 g/mol. The summed E-state index contributed by atoms with van der Waals surface area (Å²) in [5.41, 5.74) is 0.904. The summed E-state index contributed by atoms with van der Waals surface area (Å²) in [5.74, 6) is 0.327. The monoisotopic (exact) mass is 321 g/mol. The highest BCUT2D eigenvalue weighted by Gasteiger charge is 2.27. The Morgan fingerprint density at radius 2 is 2.30 bits per heavy atom. The average Bonchev–Trinajstić information content (AvgIpc) is 2.95. The molecule has 2 unspecified atom stereocenters. The maximum Gasteiger partial charge on any atom is 0.317 e. The van der Waals surface area contributed by atoms with Crippen molar-refractivity contribution in [1.29, 1.82) is 0 Å². The van der Waals surface area contributed by atoms with Crippen LogP contribution in [0.3, 0.4) is 0 Å². The zero-order chi connectivity index (χ0) is 16.8. The number of urea groups is 1. The van der Waals surface area contributed by atoms with Gasteiger partial charge in [0.15, 0.2) is 0 Å². The molecule has 128 valence electrons. The molecule has 5 heteroatoms. The first-order valence-electron chi connectivity index (χ1n) is 8.46. The summed E-state index contributed by atoms with van der Waals surface area (Å²) in [6.45, 7) is 7.82. The summed E-state index contributed by atoms with van der Waals surface area (Å²) in [7, 11) is 2.11. The summed E-state index contributed by atoms with van der Waals surface area (Å²) in [4.78, 5) is 16.5. The van der Waals surface area contributed by atoms with Crippen molar-refractivity contribution in [3.63, 3.8) is 0 Å². The molecule has 1 aromatic rings. The topological polar surface area (TPSA) is 35.6 Å². The lowest BCUT2D eigenvalue weighted by molar-refractivity contribution is 0.201. The lowest BCUT2D eigenvalue weighted by atomic mass is 10.1. The second-order valence-electron chi connectivity index (χ2n) is 6.64. The van der Waals surface area contributed by atoms with Gasteiger partial charge in [-0.2, -0.15) is 0 Å².